The first kappa shape index (κ1) is 22.8. The van der Waals surface area contributed by atoms with Crippen molar-refractivity contribution in [3.63, 3.8) is 0 Å². The van der Waals surface area contributed by atoms with Crippen LogP contribution < -0.4 is 10.6 Å². The van der Waals surface area contributed by atoms with Crippen molar-refractivity contribution in [3.8, 4) is 0 Å². The summed E-state index contributed by atoms with van der Waals surface area (Å²) >= 11 is 0. The van der Waals surface area contributed by atoms with Gasteiger partial charge in [-0.3, -0.25) is 19.5 Å². The molecule has 1 aromatic carbocycles. The maximum absolute atomic E-state index is 13.6. The van der Waals surface area contributed by atoms with Crippen LogP contribution in [0.4, 0.5) is 18.9 Å². The smallest absolute Gasteiger partial charge is 0.294 e. The maximum atomic E-state index is 13.6. The van der Waals surface area contributed by atoms with Crippen LogP contribution in [0.15, 0.2) is 24.4 Å². The molecule has 0 spiro atoms. The first-order chi connectivity index (χ1) is 16.7. The van der Waals surface area contributed by atoms with E-state index >= 15 is 0 Å². The van der Waals surface area contributed by atoms with Crippen LogP contribution in [0.1, 0.15) is 69.0 Å². The zero-order chi connectivity index (χ0) is 24.9. The molecule has 0 atom stereocenters. The molecule has 0 unspecified atom stereocenters. The lowest BCUT2D eigenvalue weighted by Crippen LogP contribution is -2.40. The monoisotopic (exact) mass is 486 g/mol. The summed E-state index contributed by atoms with van der Waals surface area (Å²) in [6.07, 6.45) is 0.947. The summed E-state index contributed by atoms with van der Waals surface area (Å²) < 4.78 is 41.4. The van der Waals surface area contributed by atoms with Gasteiger partial charge >= 0.3 is 0 Å². The molecule has 1 saturated carbocycles. The Morgan fingerprint density at radius 3 is 2.66 bits per heavy atom. The molecule has 35 heavy (non-hydrogen) atoms. The molecule has 0 saturated heterocycles. The van der Waals surface area contributed by atoms with Crippen molar-refractivity contribution < 1.29 is 27.6 Å². The second kappa shape index (κ2) is 8.36. The fraction of sp³-hybridized carbons (Fsp3) is 0.348. The third-order valence-corrected chi connectivity index (χ3v) is 6.56. The van der Waals surface area contributed by atoms with Gasteiger partial charge in [0.25, 0.3) is 24.0 Å². The second-order valence-electron chi connectivity index (χ2n) is 8.77. The van der Waals surface area contributed by atoms with Gasteiger partial charge in [-0.1, -0.05) is 5.21 Å². The lowest BCUT2D eigenvalue weighted by atomic mass is 10.0. The van der Waals surface area contributed by atoms with E-state index in [0.717, 1.165) is 12.1 Å². The zero-order valence-electron chi connectivity index (χ0n) is 18.6. The minimum atomic E-state index is -3.04. The van der Waals surface area contributed by atoms with Gasteiger partial charge < -0.3 is 15.2 Å². The van der Waals surface area contributed by atoms with Gasteiger partial charge in [-0.25, -0.2) is 13.2 Å². The Morgan fingerprint density at radius 2 is 2.00 bits per heavy atom. The van der Waals surface area contributed by atoms with Crippen LogP contribution in [0.5, 0.6) is 0 Å². The molecule has 1 aliphatic carbocycles. The van der Waals surface area contributed by atoms with E-state index in [0.29, 0.717) is 49.2 Å². The van der Waals surface area contributed by atoms with E-state index in [2.05, 4.69) is 26.0 Å². The molecule has 2 amide bonds. The van der Waals surface area contributed by atoms with Crippen molar-refractivity contribution >= 4 is 23.3 Å². The second-order valence-corrected chi connectivity index (χ2v) is 8.77. The molecule has 3 heterocycles. The number of Topliss-reactive ketones (excluding diaryl/α,β-unsaturated/α-hetero) is 1. The largest absolute Gasteiger partial charge is 0.341 e. The molecule has 1 fully saturated rings. The highest BCUT2D eigenvalue weighted by Crippen LogP contribution is 2.44. The molecule has 12 heteroatoms. The summed E-state index contributed by atoms with van der Waals surface area (Å²) in [7, 11) is 0. The number of nitrogens with zero attached hydrogens (tertiary/aromatic N) is 3. The SMILES string of the molecule is Cc1c(C(=O)Nc2ccc(F)c(C(F)F)c2)c2n(c1C(=O)C(=O)NC1(c3c[nH]nn3)CC1)CCC2. The number of hydrogen-bond donors (Lipinski definition) is 3. The normalized spacial score (nSPS) is 15.7. The van der Waals surface area contributed by atoms with Crippen molar-refractivity contribution in [2.75, 3.05) is 5.32 Å². The number of carbonyl (C=O) groups is 3. The standard InChI is InChI=1S/C23H21F3N6O3/c1-11-17(21(34)28-12-4-5-14(24)13(9-12)20(25)26)15-3-2-8-32(15)18(11)19(33)22(35)29-23(6-7-23)16-10-27-31-30-16/h4-5,9-10,20H,2-3,6-8H2,1H3,(H,28,34)(H,29,35)(H,27,30,31). The Labute approximate surface area is 197 Å². The first-order valence-corrected chi connectivity index (χ1v) is 11.1. The summed E-state index contributed by atoms with van der Waals surface area (Å²) in [6.45, 7) is 2.03. The van der Waals surface area contributed by atoms with Gasteiger partial charge in [0.05, 0.1) is 22.4 Å². The number of amides is 2. The number of ketones is 1. The number of H-pyrrole nitrogens is 1. The van der Waals surface area contributed by atoms with Crippen LogP contribution in [-0.4, -0.2) is 37.6 Å². The summed E-state index contributed by atoms with van der Waals surface area (Å²) in [6, 6.07) is 2.92. The molecule has 2 aromatic heterocycles. The van der Waals surface area contributed by atoms with Crippen LogP contribution in [0, 0.1) is 12.7 Å². The number of fused-ring (bicyclic) bond motifs is 1. The summed E-state index contributed by atoms with van der Waals surface area (Å²) in [5, 5.41) is 15.5. The topological polar surface area (TPSA) is 122 Å². The zero-order valence-corrected chi connectivity index (χ0v) is 18.6. The summed E-state index contributed by atoms with van der Waals surface area (Å²) in [5.74, 6) is -3.29. The van der Waals surface area contributed by atoms with E-state index in [-0.39, 0.29) is 16.9 Å². The molecule has 1 aliphatic heterocycles. The number of benzene rings is 1. The first-order valence-electron chi connectivity index (χ1n) is 11.1. The maximum Gasteiger partial charge on any atom is 0.294 e. The quantitative estimate of drug-likeness (QED) is 0.350. The molecule has 5 rings (SSSR count). The highest BCUT2D eigenvalue weighted by molar-refractivity contribution is 6.43. The lowest BCUT2D eigenvalue weighted by Gasteiger charge is -2.14. The van der Waals surface area contributed by atoms with E-state index in [1.807, 2.05) is 0 Å². The molecule has 3 N–H and O–H groups in total. The Morgan fingerprint density at radius 1 is 1.23 bits per heavy atom. The van der Waals surface area contributed by atoms with Crippen molar-refractivity contribution in [1.29, 1.82) is 0 Å². The van der Waals surface area contributed by atoms with Crippen LogP contribution in [0.2, 0.25) is 0 Å². The average Bonchev–Trinajstić information content (AvgIpc) is 3.18. The number of aromatic amines is 1. The van der Waals surface area contributed by atoms with Crippen LogP contribution in [0.3, 0.4) is 0 Å². The van der Waals surface area contributed by atoms with Crippen LogP contribution in [0.25, 0.3) is 0 Å². The highest BCUT2D eigenvalue weighted by Gasteiger charge is 2.49. The molecular formula is C23H21F3N6O3. The molecule has 0 bridgehead atoms. The summed E-state index contributed by atoms with van der Waals surface area (Å²) in [5.41, 5.74) is 0.207. The van der Waals surface area contributed by atoms with Gasteiger partial charge in [-0.2, -0.15) is 0 Å². The number of alkyl halides is 2. The third kappa shape index (κ3) is 3.88. The fourth-order valence-electron chi connectivity index (χ4n) is 4.68. The minimum absolute atomic E-state index is 0.00189. The van der Waals surface area contributed by atoms with Crippen molar-refractivity contribution in [2.24, 2.45) is 0 Å². The number of hydrogen-bond acceptors (Lipinski definition) is 5. The van der Waals surface area contributed by atoms with Gasteiger partial charge in [-0.15, -0.1) is 5.10 Å². The van der Waals surface area contributed by atoms with Crippen molar-refractivity contribution in [2.45, 2.75) is 51.1 Å². The molecular weight excluding hydrogens is 465 g/mol. The minimum Gasteiger partial charge on any atom is -0.341 e. The number of anilines is 1. The van der Waals surface area contributed by atoms with E-state index < -0.39 is 40.9 Å². The number of halogens is 3. The predicted molar refractivity (Wildman–Crippen MR) is 117 cm³/mol. The third-order valence-electron chi connectivity index (χ3n) is 6.56. The van der Waals surface area contributed by atoms with Crippen molar-refractivity contribution in [3.05, 3.63) is 64.0 Å². The Kier molecular flexibility index (Phi) is 5.45. The van der Waals surface area contributed by atoms with E-state index in [9.17, 15) is 27.6 Å². The van der Waals surface area contributed by atoms with Crippen molar-refractivity contribution in [1.82, 2.24) is 25.3 Å². The van der Waals surface area contributed by atoms with Gasteiger partial charge in [-0.05, 0) is 56.4 Å². The van der Waals surface area contributed by atoms with Gasteiger partial charge in [0.1, 0.15) is 11.5 Å². The highest BCUT2D eigenvalue weighted by atomic mass is 19.3. The average molecular weight is 486 g/mol. The number of aromatic nitrogens is 4. The molecule has 9 nitrogen and oxygen atoms in total. The van der Waals surface area contributed by atoms with Crippen LogP contribution in [-0.2, 0) is 23.3 Å². The Bertz CT molecular complexity index is 1340. The predicted octanol–water partition coefficient (Wildman–Crippen LogP) is 3.18. The molecule has 0 radical (unpaired) electrons. The fourth-order valence-corrected chi connectivity index (χ4v) is 4.68. The van der Waals surface area contributed by atoms with E-state index in [1.54, 1.807) is 17.7 Å². The Balaban J connectivity index is 1.42. The van der Waals surface area contributed by atoms with Gasteiger partial charge in [0.15, 0.2) is 0 Å². The van der Waals surface area contributed by atoms with Crippen LogP contribution >= 0.6 is 0 Å². The van der Waals surface area contributed by atoms with E-state index in [1.165, 1.54) is 6.07 Å². The van der Waals surface area contributed by atoms with E-state index in [4.69, 9.17) is 0 Å². The summed E-state index contributed by atoms with van der Waals surface area (Å²) in [4.78, 5) is 39.3. The number of nitrogens with one attached hydrogen (secondary N) is 3. The molecule has 3 aromatic rings. The number of carbonyl (C=O) groups excluding carboxylic acids is 3. The Hall–Kier alpha value is -3.96. The molecule has 182 valence electrons. The number of rotatable bonds is 7. The van der Waals surface area contributed by atoms with Gasteiger partial charge in [0.2, 0.25) is 0 Å². The lowest BCUT2D eigenvalue weighted by molar-refractivity contribution is -0.118. The molecule has 2 aliphatic rings. The van der Waals surface area contributed by atoms with Gasteiger partial charge in [0, 0.05) is 24.1 Å².